The number of rotatable bonds is 4. The zero-order valence-electron chi connectivity index (χ0n) is 19.7. The number of nitrogens with zero attached hydrogens (tertiary/aromatic N) is 1. The molecule has 0 aliphatic carbocycles. The summed E-state index contributed by atoms with van der Waals surface area (Å²) in [6, 6.07) is 9.76. The van der Waals surface area contributed by atoms with Crippen LogP contribution in [0.1, 0.15) is 65.7 Å². The van der Waals surface area contributed by atoms with Crippen LogP contribution in [0.3, 0.4) is 0 Å². The van der Waals surface area contributed by atoms with Gasteiger partial charge in [-0.2, -0.15) is 0 Å². The van der Waals surface area contributed by atoms with Gasteiger partial charge in [-0.1, -0.05) is 46.8 Å². The molecule has 1 N–H and O–H groups in total. The van der Waals surface area contributed by atoms with Crippen LogP contribution in [0.4, 0.5) is 4.79 Å². The van der Waals surface area contributed by atoms with Crippen LogP contribution < -0.4 is 0 Å². The minimum Gasteiger partial charge on any atom is -0.508 e. The predicted molar refractivity (Wildman–Crippen MR) is 121 cm³/mol. The fourth-order valence-electron chi connectivity index (χ4n) is 3.62. The summed E-state index contributed by atoms with van der Waals surface area (Å²) in [5.41, 5.74) is -2.13. The fraction of sp³-hybridized carbons (Fsp3) is 0.480. The maximum Gasteiger partial charge on any atom is 0.417 e. The van der Waals surface area contributed by atoms with E-state index in [9.17, 15) is 19.5 Å². The first-order valence-corrected chi connectivity index (χ1v) is 10.3. The predicted octanol–water partition coefficient (Wildman–Crippen LogP) is 5.56. The van der Waals surface area contributed by atoms with Crippen molar-refractivity contribution in [3.63, 3.8) is 0 Å². The summed E-state index contributed by atoms with van der Waals surface area (Å²) >= 11 is 0. The van der Waals surface area contributed by atoms with E-state index in [0.29, 0.717) is 16.3 Å². The van der Waals surface area contributed by atoms with Crippen molar-refractivity contribution in [1.29, 1.82) is 0 Å². The molecular weight excluding hydrogens is 394 g/mol. The van der Waals surface area contributed by atoms with Crippen LogP contribution in [0, 0.1) is 10.8 Å². The SMILES string of the molecule is CC(C)(C)OC(=O)N(CC(C)(C)C(=O)C(C)(C)C)C(=O)c1cccc2cc(O)ccc12. The molecule has 0 fully saturated rings. The van der Waals surface area contributed by atoms with Crippen molar-refractivity contribution in [3.8, 4) is 5.75 Å². The van der Waals surface area contributed by atoms with Gasteiger partial charge in [0, 0.05) is 22.9 Å². The number of hydrogen-bond donors (Lipinski definition) is 1. The van der Waals surface area contributed by atoms with E-state index in [1.54, 1.807) is 65.0 Å². The van der Waals surface area contributed by atoms with E-state index < -0.39 is 28.4 Å². The average molecular weight is 428 g/mol. The molecule has 0 unspecified atom stereocenters. The number of imide groups is 1. The standard InChI is InChI=1S/C25H33NO5/c1-23(2,3)21(29)25(7,8)15-26(22(30)31-24(4,5)6)20(28)19-11-9-10-16-14-17(27)12-13-18(16)19/h9-14,27H,15H2,1-8H3. The van der Waals surface area contributed by atoms with E-state index in [-0.39, 0.29) is 18.1 Å². The molecule has 0 aliphatic rings. The normalized spacial score (nSPS) is 12.5. The molecule has 0 radical (unpaired) electrons. The molecule has 0 heterocycles. The van der Waals surface area contributed by atoms with Gasteiger partial charge in [-0.05, 0) is 55.8 Å². The molecule has 2 rings (SSSR count). The molecule has 0 atom stereocenters. The fourth-order valence-corrected chi connectivity index (χ4v) is 3.62. The average Bonchev–Trinajstić information content (AvgIpc) is 2.62. The van der Waals surface area contributed by atoms with E-state index in [4.69, 9.17) is 4.74 Å². The van der Waals surface area contributed by atoms with Crippen LogP contribution in [0.2, 0.25) is 0 Å². The highest BCUT2D eigenvalue weighted by molar-refractivity contribution is 6.11. The van der Waals surface area contributed by atoms with Crippen molar-refractivity contribution < 1.29 is 24.2 Å². The number of carbonyl (C=O) groups excluding carboxylic acids is 3. The van der Waals surface area contributed by atoms with E-state index in [1.165, 1.54) is 6.07 Å². The Bertz CT molecular complexity index is 1010. The van der Waals surface area contributed by atoms with Crippen LogP contribution >= 0.6 is 0 Å². The van der Waals surface area contributed by atoms with Gasteiger partial charge in [0.1, 0.15) is 17.1 Å². The first-order valence-electron chi connectivity index (χ1n) is 10.3. The second kappa shape index (κ2) is 8.33. The molecular formula is C25H33NO5. The molecule has 6 nitrogen and oxygen atoms in total. The minimum absolute atomic E-state index is 0.0656. The zero-order valence-corrected chi connectivity index (χ0v) is 19.7. The van der Waals surface area contributed by atoms with E-state index in [1.807, 2.05) is 20.8 Å². The summed E-state index contributed by atoms with van der Waals surface area (Å²) < 4.78 is 5.50. The Kier molecular flexibility index (Phi) is 6.55. The number of benzene rings is 2. The van der Waals surface area contributed by atoms with Crippen molar-refractivity contribution in [2.24, 2.45) is 10.8 Å². The summed E-state index contributed by atoms with van der Waals surface area (Å²) in [6.07, 6.45) is -0.803. The zero-order chi connectivity index (χ0) is 23.8. The number of phenolic OH excluding ortho intramolecular Hbond substituents is 1. The molecule has 0 saturated heterocycles. The van der Waals surface area contributed by atoms with Crippen LogP contribution in [-0.2, 0) is 9.53 Å². The number of hydrogen-bond acceptors (Lipinski definition) is 5. The van der Waals surface area contributed by atoms with Crippen molar-refractivity contribution in [2.75, 3.05) is 6.54 Å². The van der Waals surface area contributed by atoms with E-state index in [0.717, 1.165) is 4.90 Å². The maximum absolute atomic E-state index is 13.6. The summed E-state index contributed by atoms with van der Waals surface area (Å²) in [7, 11) is 0. The van der Waals surface area contributed by atoms with Gasteiger partial charge in [-0.25, -0.2) is 9.69 Å². The Morgan fingerprint density at radius 3 is 2.10 bits per heavy atom. The van der Waals surface area contributed by atoms with Crippen LogP contribution in [0.25, 0.3) is 10.8 Å². The van der Waals surface area contributed by atoms with Gasteiger partial charge in [0.05, 0.1) is 0 Å². The first-order chi connectivity index (χ1) is 14.0. The van der Waals surface area contributed by atoms with Crippen LogP contribution in [-0.4, -0.2) is 39.9 Å². The highest BCUT2D eigenvalue weighted by Gasteiger charge is 2.41. The Hall–Kier alpha value is -2.89. The van der Waals surface area contributed by atoms with Crippen molar-refractivity contribution in [2.45, 2.75) is 61.0 Å². The molecule has 0 aromatic heterocycles. The van der Waals surface area contributed by atoms with Gasteiger partial charge in [0.25, 0.3) is 5.91 Å². The number of ether oxygens (including phenoxy) is 1. The molecule has 31 heavy (non-hydrogen) atoms. The molecule has 2 aromatic rings. The molecule has 0 saturated carbocycles. The number of carbonyl (C=O) groups is 3. The second-order valence-electron chi connectivity index (χ2n) is 10.5. The largest absolute Gasteiger partial charge is 0.508 e. The molecule has 2 aromatic carbocycles. The number of aromatic hydroxyl groups is 1. The first kappa shape index (κ1) is 24.4. The Morgan fingerprint density at radius 2 is 1.55 bits per heavy atom. The maximum atomic E-state index is 13.6. The van der Waals surface area contributed by atoms with Crippen molar-refractivity contribution in [3.05, 3.63) is 42.0 Å². The molecule has 168 valence electrons. The van der Waals surface area contributed by atoms with E-state index >= 15 is 0 Å². The lowest BCUT2D eigenvalue weighted by Gasteiger charge is -2.35. The van der Waals surface area contributed by atoms with Gasteiger partial charge < -0.3 is 9.84 Å². The molecule has 0 spiro atoms. The Balaban J connectivity index is 2.54. The van der Waals surface area contributed by atoms with E-state index in [2.05, 4.69) is 0 Å². The quantitative estimate of drug-likeness (QED) is 0.690. The third kappa shape index (κ3) is 5.84. The summed E-state index contributed by atoms with van der Waals surface area (Å²) in [5, 5.41) is 11.0. The molecule has 6 heteroatoms. The Labute approximate surface area is 184 Å². The van der Waals surface area contributed by atoms with Crippen molar-refractivity contribution in [1.82, 2.24) is 4.90 Å². The lowest BCUT2D eigenvalue weighted by Crippen LogP contribution is -2.49. The van der Waals surface area contributed by atoms with Gasteiger partial charge >= 0.3 is 6.09 Å². The topological polar surface area (TPSA) is 83.9 Å². The van der Waals surface area contributed by atoms with Crippen LogP contribution in [0.5, 0.6) is 5.75 Å². The third-order valence-corrected chi connectivity index (χ3v) is 4.80. The lowest BCUT2D eigenvalue weighted by molar-refractivity contribution is -0.135. The number of ketones is 1. The minimum atomic E-state index is -0.979. The third-order valence-electron chi connectivity index (χ3n) is 4.80. The summed E-state index contributed by atoms with van der Waals surface area (Å²) in [6.45, 7) is 13.9. The van der Waals surface area contributed by atoms with Gasteiger partial charge in [-0.15, -0.1) is 0 Å². The molecule has 0 bridgehead atoms. The lowest BCUT2D eigenvalue weighted by atomic mass is 9.74. The van der Waals surface area contributed by atoms with Crippen molar-refractivity contribution >= 4 is 28.6 Å². The smallest absolute Gasteiger partial charge is 0.417 e. The van der Waals surface area contributed by atoms with Gasteiger partial charge in [0.15, 0.2) is 0 Å². The number of Topliss-reactive ketones (excluding diaryl/α,β-unsaturated/α-hetero) is 1. The van der Waals surface area contributed by atoms with Gasteiger partial charge in [-0.3, -0.25) is 9.59 Å². The second-order valence-corrected chi connectivity index (χ2v) is 10.5. The number of amides is 2. The monoisotopic (exact) mass is 427 g/mol. The molecule has 2 amide bonds. The highest BCUT2D eigenvalue weighted by Crippen LogP contribution is 2.32. The highest BCUT2D eigenvalue weighted by atomic mass is 16.6. The summed E-state index contributed by atoms with van der Waals surface area (Å²) in [4.78, 5) is 40.6. The number of phenols is 1. The summed E-state index contributed by atoms with van der Waals surface area (Å²) in [5.74, 6) is -0.539. The van der Waals surface area contributed by atoms with Crippen LogP contribution in [0.15, 0.2) is 36.4 Å². The number of fused-ring (bicyclic) bond motifs is 1. The van der Waals surface area contributed by atoms with Gasteiger partial charge in [0.2, 0.25) is 0 Å². The molecule has 0 aliphatic heterocycles. The Morgan fingerprint density at radius 1 is 0.935 bits per heavy atom.